The van der Waals surface area contributed by atoms with E-state index in [0.717, 1.165) is 5.69 Å². The number of aromatic nitrogens is 1. The lowest BCUT2D eigenvalue weighted by Crippen LogP contribution is -2.27. The van der Waals surface area contributed by atoms with Crippen molar-refractivity contribution in [1.82, 2.24) is 9.71 Å². The van der Waals surface area contributed by atoms with E-state index in [1.165, 1.54) is 17.4 Å². The van der Waals surface area contributed by atoms with Crippen molar-refractivity contribution >= 4 is 38.6 Å². The molecule has 21 heavy (non-hydrogen) atoms. The van der Waals surface area contributed by atoms with Crippen molar-refractivity contribution in [3.05, 3.63) is 45.9 Å². The predicted octanol–water partition coefficient (Wildman–Crippen LogP) is 1.61. The molecule has 0 aliphatic heterocycles. The van der Waals surface area contributed by atoms with Crippen molar-refractivity contribution in [1.29, 1.82) is 0 Å². The molecule has 0 amide bonds. The Morgan fingerprint density at radius 3 is 2.81 bits per heavy atom. The van der Waals surface area contributed by atoms with Gasteiger partial charge >= 0.3 is 0 Å². The summed E-state index contributed by atoms with van der Waals surface area (Å²) in [7, 11) is -3.55. The molecule has 3 N–H and O–H groups in total. The molecule has 5 nitrogen and oxygen atoms in total. The summed E-state index contributed by atoms with van der Waals surface area (Å²) in [5.41, 5.74) is 9.41. The summed E-state index contributed by atoms with van der Waals surface area (Å²) >= 11 is 6.37. The van der Waals surface area contributed by atoms with Crippen LogP contribution in [0.3, 0.4) is 0 Å². The molecular formula is C13H15N3O2S3. The number of benzene rings is 1. The molecule has 0 bridgehead atoms. The van der Waals surface area contributed by atoms with Gasteiger partial charge in [-0.15, -0.1) is 11.3 Å². The van der Waals surface area contributed by atoms with Gasteiger partial charge < -0.3 is 5.73 Å². The third kappa shape index (κ3) is 4.07. The van der Waals surface area contributed by atoms with Crippen LogP contribution in [0.1, 0.15) is 16.8 Å². The fraction of sp³-hybridized carbons (Fsp3) is 0.231. The summed E-state index contributed by atoms with van der Waals surface area (Å²) in [6, 6.07) is 4.82. The maximum Gasteiger partial charge on any atom is 0.240 e. The van der Waals surface area contributed by atoms with Gasteiger partial charge in [-0.25, -0.2) is 18.1 Å². The molecule has 0 spiro atoms. The molecule has 1 aromatic heterocycles. The van der Waals surface area contributed by atoms with Crippen LogP contribution in [-0.2, 0) is 16.4 Å². The van der Waals surface area contributed by atoms with Gasteiger partial charge in [0.25, 0.3) is 0 Å². The summed E-state index contributed by atoms with van der Waals surface area (Å²) in [6.07, 6.45) is 0.562. The quantitative estimate of drug-likeness (QED) is 0.780. The summed E-state index contributed by atoms with van der Waals surface area (Å²) < 4.78 is 27.1. The van der Waals surface area contributed by atoms with Crippen molar-refractivity contribution in [2.75, 3.05) is 6.54 Å². The van der Waals surface area contributed by atoms with Gasteiger partial charge in [-0.3, -0.25) is 0 Å². The zero-order valence-corrected chi connectivity index (χ0v) is 13.8. The van der Waals surface area contributed by atoms with Crippen LogP contribution >= 0.6 is 23.6 Å². The Balaban J connectivity index is 2.10. The number of hydrogen-bond donors (Lipinski definition) is 2. The smallest absolute Gasteiger partial charge is 0.240 e. The Kier molecular flexibility index (Phi) is 5.04. The van der Waals surface area contributed by atoms with Crippen molar-refractivity contribution in [2.24, 2.45) is 5.73 Å². The van der Waals surface area contributed by atoms with Crippen LogP contribution in [0.5, 0.6) is 0 Å². The number of sulfonamides is 1. The molecule has 0 saturated heterocycles. The number of thiazole rings is 1. The summed E-state index contributed by atoms with van der Waals surface area (Å²) in [4.78, 5) is 4.60. The molecule has 8 heteroatoms. The third-order valence-corrected chi connectivity index (χ3v) is 5.40. The number of nitrogens with one attached hydrogen (secondary N) is 1. The molecule has 0 radical (unpaired) electrons. The van der Waals surface area contributed by atoms with E-state index in [9.17, 15) is 8.42 Å². The molecule has 1 aromatic carbocycles. The van der Waals surface area contributed by atoms with Gasteiger partial charge in [0.05, 0.1) is 16.1 Å². The van der Waals surface area contributed by atoms with Gasteiger partial charge in [0.1, 0.15) is 4.99 Å². The van der Waals surface area contributed by atoms with Crippen LogP contribution in [-0.4, -0.2) is 24.9 Å². The first-order valence-electron chi connectivity index (χ1n) is 6.17. The highest BCUT2D eigenvalue weighted by atomic mass is 32.2. The van der Waals surface area contributed by atoms with Crippen molar-refractivity contribution in [3.63, 3.8) is 0 Å². The second kappa shape index (κ2) is 6.61. The lowest BCUT2D eigenvalue weighted by Gasteiger charge is -2.10. The fourth-order valence-corrected chi connectivity index (χ4v) is 3.83. The molecule has 0 unspecified atom stereocenters. The monoisotopic (exact) mass is 341 g/mol. The van der Waals surface area contributed by atoms with Gasteiger partial charge in [-0.1, -0.05) is 18.3 Å². The van der Waals surface area contributed by atoms with Crippen LogP contribution in [0.25, 0.3) is 0 Å². The number of hydrogen-bond acceptors (Lipinski definition) is 5. The molecule has 2 rings (SSSR count). The average Bonchev–Trinajstić information content (AvgIpc) is 2.91. The van der Waals surface area contributed by atoms with Gasteiger partial charge in [0.2, 0.25) is 10.0 Å². The molecular weight excluding hydrogens is 326 g/mol. The molecule has 0 atom stereocenters. The van der Waals surface area contributed by atoms with Gasteiger partial charge in [-0.05, 0) is 24.6 Å². The molecule has 0 aliphatic carbocycles. The number of thiocarbonyl (C=S) groups is 1. The SMILES string of the molecule is Cc1cc(C(N)=S)ccc1S(=O)(=O)NCCc1cscn1. The lowest BCUT2D eigenvalue weighted by molar-refractivity contribution is 0.581. The van der Waals surface area contributed by atoms with E-state index in [1.807, 2.05) is 5.38 Å². The van der Waals surface area contributed by atoms with Crippen molar-refractivity contribution in [2.45, 2.75) is 18.2 Å². The maximum atomic E-state index is 12.3. The standard InChI is InChI=1S/C13H15N3O2S3/c1-9-6-10(13(14)19)2-3-12(9)21(17,18)16-5-4-11-7-20-8-15-11/h2-3,6-8,16H,4-5H2,1H3,(H2,14,19). The van der Waals surface area contributed by atoms with Crippen LogP contribution in [0.4, 0.5) is 0 Å². The van der Waals surface area contributed by atoms with Crippen LogP contribution in [0, 0.1) is 6.92 Å². The third-order valence-electron chi connectivity index (χ3n) is 2.91. The Labute approximate surface area is 133 Å². The number of nitrogens with two attached hydrogens (primary N) is 1. The summed E-state index contributed by atoms with van der Waals surface area (Å²) in [5, 5.41) is 1.90. The Morgan fingerprint density at radius 2 is 2.24 bits per heavy atom. The van der Waals surface area contributed by atoms with Gasteiger partial charge in [-0.2, -0.15) is 0 Å². The van der Waals surface area contributed by atoms with Crippen LogP contribution in [0.2, 0.25) is 0 Å². The maximum absolute atomic E-state index is 12.3. The first-order valence-corrected chi connectivity index (χ1v) is 9.01. The second-order valence-corrected chi connectivity index (χ2v) is 7.37. The molecule has 0 fully saturated rings. The number of nitrogens with zero attached hydrogens (tertiary/aromatic N) is 1. The number of aryl methyl sites for hydroxylation is 1. The highest BCUT2D eigenvalue weighted by Crippen LogP contribution is 2.16. The highest BCUT2D eigenvalue weighted by Gasteiger charge is 2.16. The van der Waals surface area contributed by atoms with E-state index >= 15 is 0 Å². The lowest BCUT2D eigenvalue weighted by atomic mass is 10.1. The van der Waals surface area contributed by atoms with Crippen molar-refractivity contribution < 1.29 is 8.42 Å². The van der Waals surface area contributed by atoms with E-state index in [-0.39, 0.29) is 9.88 Å². The van der Waals surface area contributed by atoms with Gasteiger partial charge in [0.15, 0.2) is 0 Å². The van der Waals surface area contributed by atoms with E-state index in [1.54, 1.807) is 24.6 Å². The van der Waals surface area contributed by atoms with Crippen molar-refractivity contribution in [3.8, 4) is 0 Å². The molecule has 0 aliphatic rings. The largest absolute Gasteiger partial charge is 0.389 e. The highest BCUT2D eigenvalue weighted by molar-refractivity contribution is 7.89. The molecule has 112 valence electrons. The Bertz CT molecular complexity index is 740. The zero-order valence-electron chi connectivity index (χ0n) is 11.4. The van der Waals surface area contributed by atoms with Crippen LogP contribution in [0.15, 0.2) is 34.0 Å². The first kappa shape index (κ1) is 16.0. The number of rotatable bonds is 6. The summed E-state index contributed by atoms with van der Waals surface area (Å²) in [5.74, 6) is 0. The van der Waals surface area contributed by atoms with E-state index in [4.69, 9.17) is 18.0 Å². The zero-order chi connectivity index (χ0) is 15.5. The minimum Gasteiger partial charge on any atom is -0.389 e. The average molecular weight is 341 g/mol. The Hall–Kier alpha value is -1.35. The molecule has 0 saturated carbocycles. The second-order valence-electron chi connectivity index (χ2n) is 4.47. The Morgan fingerprint density at radius 1 is 1.48 bits per heavy atom. The predicted molar refractivity (Wildman–Crippen MR) is 88.1 cm³/mol. The molecule has 1 heterocycles. The minimum absolute atomic E-state index is 0.237. The molecule has 2 aromatic rings. The van der Waals surface area contributed by atoms with E-state index in [0.29, 0.717) is 24.1 Å². The van der Waals surface area contributed by atoms with Gasteiger partial charge in [0, 0.05) is 23.9 Å². The topological polar surface area (TPSA) is 85.1 Å². The van der Waals surface area contributed by atoms with E-state index in [2.05, 4.69) is 9.71 Å². The fourth-order valence-electron chi connectivity index (χ4n) is 1.86. The minimum atomic E-state index is -3.55. The normalized spacial score (nSPS) is 11.5. The van der Waals surface area contributed by atoms with E-state index < -0.39 is 10.0 Å². The van der Waals surface area contributed by atoms with Crippen LogP contribution < -0.4 is 10.5 Å². The summed E-state index contributed by atoms with van der Waals surface area (Å²) in [6.45, 7) is 2.03. The first-order chi connectivity index (χ1) is 9.90.